The van der Waals surface area contributed by atoms with Crippen molar-refractivity contribution in [1.29, 1.82) is 5.26 Å². The van der Waals surface area contributed by atoms with Crippen LogP contribution in [0.2, 0.25) is 0 Å². The summed E-state index contributed by atoms with van der Waals surface area (Å²) in [4.78, 5) is 15.4. The summed E-state index contributed by atoms with van der Waals surface area (Å²) in [5.74, 6) is 0.126. The van der Waals surface area contributed by atoms with E-state index in [-0.39, 0.29) is 23.2 Å². The minimum atomic E-state index is -0.0608. The van der Waals surface area contributed by atoms with Crippen molar-refractivity contribution in [2.45, 2.75) is 44.1 Å². The van der Waals surface area contributed by atoms with E-state index >= 15 is 0 Å². The van der Waals surface area contributed by atoms with E-state index < -0.39 is 0 Å². The predicted octanol–water partition coefficient (Wildman–Crippen LogP) is 4.14. The van der Waals surface area contributed by atoms with E-state index in [1.807, 2.05) is 12.1 Å². The highest BCUT2D eigenvalue weighted by molar-refractivity contribution is 5.86. The van der Waals surface area contributed by atoms with Crippen molar-refractivity contribution in [3.05, 3.63) is 65.4 Å². The average Bonchev–Trinajstić information content (AvgIpc) is 3.44. The Labute approximate surface area is 172 Å². The van der Waals surface area contributed by atoms with Crippen molar-refractivity contribution < 1.29 is 4.79 Å². The van der Waals surface area contributed by atoms with Gasteiger partial charge < -0.3 is 10.2 Å². The number of carbonyl (C=O) groups is 1. The van der Waals surface area contributed by atoms with Gasteiger partial charge in [-0.15, -0.1) is 0 Å². The van der Waals surface area contributed by atoms with Crippen LogP contribution in [0.1, 0.15) is 49.1 Å². The molecule has 3 atom stereocenters. The molecular weight excluding hydrogens is 358 g/mol. The SMILES string of the molecule is N#CC1C=C(N2CCC3(CC2)CC3NC(=O)C2CC=Cc3ccccc32)C=CC1. The molecule has 1 aromatic rings. The second-order valence-electron chi connectivity index (χ2n) is 8.90. The zero-order valence-corrected chi connectivity index (χ0v) is 16.7. The molecule has 0 bridgehead atoms. The summed E-state index contributed by atoms with van der Waals surface area (Å²) >= 11 is 0. The number of amides is 1. The molecule has 1 saturated carbocycles. The summed E-state index contributed by atoms with van der Waals surface area (Å²) in [7, 11) is 0. The van der Waals surface area contributed by atoms with Crippen LogP contribution in [-0.4, -0.2) is 29.9 Å². The number of likely N-dealkylation sites (tertiary alicyclic amines) is 1. The Balaban J connectivity index is 1.19. The third-order valence-corrected chi connectivity index (χ3v) is 7.20. The number of hydrogen-bond acceptors (Lipinski definition) is 3. The number of nitrogens with zero attached hydrogens (tertiary/aromatic N) is 2. The molecule has 4 aliphatic rings. The molecule has 3 aliphatic carbocycles. The van der Waals surface area contributed by atoms with Crippen molar-refractivity contribution in [2.24, 2.45) is 11.3 Å². The molecule has 1 N–H and O–H groups in total. The van der Waals surface area contributed by atoms with Crippen LogP contribution in [0.4, 0.5) is 0 Å². The van der Waals surface area contributed by atoms with Gasteiger partial charge in [0.1, 0.15) is 0 Å². The van der Waals surface area contributed by atoms with E-state index in [9.17, 15) is 10.1 Å². The van der Waals surface area contributed by atoms with Crippen LogP contribution in [0.25, 0.3) is 6.08 Å². The molecular formula is C25H27N3O. The Morgan fingerprint density at radius 1 is 1.14 bits per heavy atom. The van der Waals surface area contributed by atoms with Crippen molar-refractivity contribution in [1.82, 2.24) is 10.2 Å². The standard InChI is InChI=1S/C25H27N3O/c26-17-18-5-3-8-20(15-18)28-13-11-25(12-14-28)16-23(25)27-24(29)22-10-4-7-19-6-1-2-9-21(19)22/h1-4,6-9,15,18,22-23H,5,10-14,16H2,(H,27,29). The number of fused-ring (bicyclic) bond motifs is 1. The summed E-state index contributed by atoms with van der Waals surface area (Å²) in [6.45, 7) is 2.02. The summed E-state index contributed by atoms with van der Waals surface area (Å²) in [5, 5.41) is 12.6. The number of carbonyl (C=O) groups excluding carboxylic acids is 1. The largest absolute Gasteiger partial charge is 0.372 e. The summed E-state index contributed by atoms with van der Waals surface area (Å²) < 4.78 is 0. The molecule has 5 rings (SSSR count). The fraction of sp³-hybridized carbons (Fsp3) is 0.440. The molecule has 0 aromatic heterocycles. The van der Waals surface area contributed by atoms with Crippen LogP contribution in [-0.2, 0) is 4.79 Å². The van der Waals surface area contributed by atoms with Gasteiger partial charge in [-0.2, -0.15) is 5.26 Å². The number of piperidine rings is 1. The van der Waals surface area contributed by atoms with Gasteiger partial charge in [-0.25, -0.2) is 0 Å². The lowest BCUT2D eigenvalue weighted by molar-refractivity contribution is -0.122. The molecule has 1 heterocycles. The smallest absolute Gasteiger partial charge is 0.228 e. The molecule has 1 aromatic carbocycles. The van der Waals surface area contributed by atoms with Crippen LogP contribution in [0, 0.1) is 22.7 Å². The Hall–Kier alpha value is -2.80. The van der Waals surface area contributed by atoms with Gasteiger partial charge in [0.05, 0.1) is 17.9 Å². The maximum Gasteiger partial charge on any atom is 0.228 e. The molecule has 1 saturated heterocycles. The highest BCUT2D eigenvalue weighted by Crippen LogP contribution is 2.54. The van der Waals surface area contributed by atoms with Crippen LogP contribution >= 0.6 is 0 Å². The molecule has 1 aliphatic heterocycles. The first-order valence-corrected chi connectivity index (χ1v) is 10.8. The van der Waals surface area contributed by atoms with E-state index in [2.05, 4.69) is 58.8 Å². The van der Waals surface area contributed by atoms with Crippen molar-refractivity contribution in [3.63, 3.8) is 0 Å². The number of hydrogen-bond donors (Lipinski definition) is 1. The fourth-order valence-corrected chi connectivity index (χ4v) is 5.24. The predicted molar refractivity (Wildman–Crippen MR) is 114 cm³/mol. The first kappa shape index (κ1) is 18.2. The lowest BCUT2D eigenvalue weighted by Gasteiger charge is -2.36. The van der Waals surface area contributed by atoms with E-state index in [1.165, 1.54) is 11.3 Å². The number of nitriles is 1. The van der Waals surface area contributed by atoms with Gasteiger partial charge in [0, 0.05) is 24.8 Å². The zero-order chi connectivity index (χ0) is 19.8. The monoisotopic (exact) mass is 385 g/mol. The maximum absolute atomic E-state index is 13.0. The van der Waals surface area contributed by atoms with Gasteiger partial charge in [0.2, 0.25) is 5.91 Å². The van der Waals surface area contributed by atoms with Crippen LogP contribution in [0.5, 0.6) is 0 Å². The highest BCUT2D eigenvalue weighted by atomic mass is 16.2. The second kappa shape index (κ2) is 7.22. The van der Waals surface area contributed by atoms with E-state index in [0.29, 0.717) is 6.04 Å². The van der Waals surface area contributed by atoms with E-state index in [4.69, 9.17) is 0 Å². The topological polar surface area (TPSA) is 56.1 Å². The van der Waals surface area contributed by atoms with Crippen LogP contribution in [0.15, 0.2) is 54.3 Å². The van der Waals surface area contributed by atoms with Gasteiger partial charge >= 0.3 is 0 Å². The van der Waals surface area contributed by atoms with E-state index in [1.54, 1.807) is 0 Å². The average molecular weight is 386 g/mol. The van der Waals surface area contributed by atoms with Gasteiger partial charge in [0.25, 0.3) is 0 Å². The summed E-state index contributed by atoms with van der Waals surface area (Å²) in [6, 6.07) is 10.9. The molecule has 3 unspecified atom stereocenters. The number of benzene rings is 1. The van der Waals surface area contributed by atoms with E-state index in [0.717, 1.165) is 50.8 Å². The van der Waals surface area contributed by atoms with Crippen LogP contribution in [0.3, 0.4) is 0 Å². The molecule has 2 fully saturated rings. The molecule has 29 heavy (non-hydrogen) atoms. The normalized spacial score (nSPS) is 29.0. The lowest BCUT2D eigenvalue weighted by atomic mass is 9.86. The number of allylic oxidation sites excluding steroid dienone is 4. The lowest BCUT2D eigenvalue weighted by Crippen LogP contribution is -2.39. The zero-order valence-electron chi connectivity index (χ0n) is 16.7. The van der Waals surface area contributed by atoms with Crippen molar-refractivity contribution in [2.75, 3.05) is 13.1 Å². The third-order valence-electron chi connectivity index (χ3n) is 7.20. The first-order valence-electron chi connectivity index (χ1n) is 10.8. The highest BCUT2D eigenvalue weighted by Gasteiger charge is 2.56. The van der Waals surface area contributed by atoms with Gasteiger partial charge in [0.15, 0.2) is 0 Å². The quantitative estimate of drug-likeness (QED) is 0.851. The van der Waals surface area contributed by atoms with Gasteiger partial charge in [-0.1, -0.05) is 42.5 Å². The molecule has 4 heteroatoms. The van der Waals surface area contributed by atoms with Crippen molar-refractivity contribution >= 4 is 12.0 Å². The molecule has 1 amide bonds. The number of rotatable bonds is 3. The molecule has 148 valence electrons. The first-order chi connectivity index (χ1) is 14.2. The minimum Gasteiger partial charge on any atom is -0.372 e. The third kappa shape index (κ3) is 3.40. The Morgan fingerprint density at radius 2 is 1.93 bits per heavy atom. The van der Waals surface area contributed by atoms with Gasteiger partial charge in [-0.05, 0) is 60.8 Å². The Morgan fingerprint density at radius 3 is 2.76 bits per heavy atom. The maximum atomic E-state index is 13.0. The van der Waals surface area contributed by atoms with Crippen LogP contribution < -0.4 is 5.32 Å². The summed E-state index contributed by atoms with van der Waals surface area (Å²) in [6.07, 6.45) is 15.6. The molecule has 1 spiro atoms. The minimum absolute atomic E-state index is 0.00580. The van der Waals surface area contributed by atoms with Gasteiger partial charge in [-0.3, -0.25) is 4.79 Å². The van der Waals surface area contributed by atoms with Crippen molar-refractivity contribution in [3.8, 4) is 6.07 Å². The Kier molecular flexibility index (Phi) is 4.54. The Bertz CT molecular complexity index is 943. The molecule has 0 radical (unpaired) electrons. The fourth-order valence-electron chi connectivity index (χ4n) is 5.24. The summed E-state index contributed by atoms with van der Waals surface area (Å²) in [5.41, 5.74) is 3.80. The second-order valence-corrected chi connectivity index (χ2v) is 8.90. The number of nitrogens with one attached hydrogen (secondary N) is 1. The molecule has 4 nitrogen and oxygen atoms in total.